The Balaban J connectivity index is 1.28. The van der Waals surface area contributed by atoms with Gasteiger partial charge in [-0.05, 0) is 53.9 Å². The van der Waals surface area contributed by atoms with Gasteiger partial charge in [0.25, 0.3) is 5.91 Å². The van der Waals surface area contributed by atoms with E-state index in [2.05, 4.69) is 17.4 Å². The van der Waals surface area contributed by atoms with Gasteiger partial charge in [-0.2, -0.15) is 0 Å². The number of aliphatic hydroxyl groups excluding tert-OH is 1. The molecule has 2 fully saturated rings. The molecule has 0 saturated heterocycles. The van der Waals surface area contributed by atoms with Gasteiger partial charge in [-0.25, -0.2) is 0 Å². The summed E-state index contributed by atoms with van der Waals surface area (Å²) >= 11 is 0. The predicted molar refractivity (Wildman–Crippen MR) is 121 cm³/mol. The Kier molecular flexibility index (Phi) is 6.28. The number of nitrogens with one attached hydrogen (secondary N) is 1. The van der Waals surface area contributed by atoms with Crippen LogP contribution in [0.2, 0.25) is 0 Å². The zero-order valence-electron chi connectivity index (χ0n) is 18.3. The molecule has 0 radical (unpaired) electrons. The van der Waals surface area contributed by atoms with E-state index in [-0.39, 0.29) is 24.5 Å². The molecule has 2 N–H and O–H groups in total. The van der Waals surface area contributed by atoms with Gasteiger partial charge in [-0.15, -0.1) is 0 Å². The second kappa shape index (κ2) is 9.47. The molecule has 0 spiro atoms. The lowest BCUT2D eigenvalue weighted by Crippen LogP contribution is -2.41. The zero-order valence-corrected chi connectivity index (χ0v) is 18.3. The number of rotatable bonds is 7. The summed E-state index contributed by atoms with van der Waals surface area (Å²) in [4.78, 5) is 13.1. The van der Waals surface area contributed by atoms with Gasteiger partial charge in [0.05, 0.1) is 13.2 Å². The highest BCUT2D eigenvalue weighted by Gasteiger charge is 2.41. The van der Waals surface area contributed by atoms with Crippen LogP contribution >= 0.6 is 0 Å². The second-order valence-electron chi connectivity index (χ2n) is 9.37. The minimum atomic E-state index is -0.497. The molecule has 5 nitrogen and oxygen atoms in total. The van der Waals surface area contributed by atoms with Crippen molar-refractivity contribution in [2.45, 2.75) is 63.6 Å². The number of carbonyl (C=O) groups excluding carboxylic acids is 1. The molecule has 0 aromatic heterocycles. The lowest BCUT2D eigenvalue weighted by atomic mass is 9.92. The van der Waals surface area contributed by atoms with Crippen LogP contribution in [0.3, 0.4) is 0 Å². The molecular weight excluding hydrogens is 402 g/mol. The van der Waals surface area contributed by atoms with E-state index in [0.29, 0.717) is 24.7 Å². The van der Waals surface area contributed by atoms with Crippen LogP contribution < -0.4 is 5.32 Å². The zero-order chi connectivity index (χ0) is 21.9. The van der Waals surface area contributed by atoms with Crippen LogP contribution in [-0.4, -0.2) is 23.3 Å². The van der Waals surface area contributed by atoms with Gasteiger partial charge in [-0.3, -0.25) is 4.79 Å². The van der Waals surface area contributed by atoms with Crippen LogP contribution in [0.15, 0.2) is 66.4 Å². The van der Waals surface area contributed by atoms with Crippen molar-refractivity contribution in [1.82, 2.24) is 5.32 Å². The summed E-state index contributed by atoms with van der Waals surface area (Å²) in [6.07, 6.45) is 6.99. The van der Waals surface area contributed by atoms with Crippen LogP contribution in [0.25, 0.3) is 0 Å². The predicted octanol–water partition coefficient (Wildman–Crippen LogP) is 4.41. The van der Waals surface area contributed by atoms with Gasteiger partial charge in [0.15, 0.2) is 5.76 Å². The third-order valence-corrected chi connectivity index (χ3v) is 7.20. The summed E-state index contributed by atoms with van der Waals surface area (Å²) < 4.78 is 12.1. The molecule has 1 aliphatic heterocycles. The van der Waals surface area contributed by atoms with E-state index in [0.717, 1.165) is 29.0 Å². The molecule has 5 heteroatoms. The average molecular weight is 434 g/mol. The van der Waals surface area contributed by atoms with Crippen LogP contribution in [-0.2, 0) is 27.5 Å². The molecule has 2 aliphatic carbocycles. The van der Waals surface area contributed by atoms with Crippen molar-refractivity contribution in [3.63, 3.8) is 0 Å². The van der Waals surface area contributed by atoms with Crippen molar-refractivity contribution < 1.29 is 19.4 Å². The summed E-state index contributed by atoms with van der Waals surface area (Å²) in [6, 6.07) is 18.2. The molecule has 5 atom stereocenters. The van der Waals surface area contributed by atoms with E-state index in [1.54, 1.807) is 0 Å². The number of fused-ring (bicyclic) bond motifs is 2. The van der Waals surface area contributed by atoms with Crippen molar-refractivity contribution >= 4 is 5.91 Å². The maximum atomic E-state index is 13.1. The molecule has 1 heterocycles. The van der Waals surface area contributed by atoms with Crippen LogP contribution in [0.1, 0.15) is 54.7 Å². The molecule has 168 valence electrons. The SMILES string of the molecule is O=C(NC1CC2CCC1C2)C1=C[C@@H](c2ccccc2)C[C@@H](OCc2ccc(CO)cc2)O1. The van der Waals surface area contributed by atoms with Gasteiger partial charge in [0.2, 0.25) is 6.29 Å². The Hall–Kier alpha value is -2.63. The Morgan fingerprint density at radius 1 is 1.00 bits per heavy atom. The van der Waals surface area contributed by atoms with E-state index < -0.39 is 6.29 Å². The first kappa shape index (κ1) is 21.2. The van der Waals surface area contributed by atoms with Crippen LogP contribution in [0.5, 0.6) is 0 Å². The number of aliphatic hydroxyl groups is 1. The first-order valence-corrected chi connectivity index (χ1v) is 11.7. The maximum Gasteiger partial charge on any atom is 0.286 e. The molecule has 3 aliphatic rings. The highest BCUT2D eigenvalue weighted by Crippen LogP contribution is 2.44. The molecule has 2 aromatic carbocycles. The van der Waals surface area contributed by atoms with Gasteiger partial charge in [0, 0.05) is 18.4 Å². The Bertz CT molecular complexity index is 955. The smallest absolute Gasteiger partial charge is 0.286 e. The number of amides is 1. The summed E-state index contributed by atoms with van der Waals surface area (Å²) in [7, 11) is 0. The molecule has 3 unspecified atom stereocenters. The molecule has 2 bridgehead atoms. The minimum absolute atomic E-state index is 0.0253. The fourth-order valence-electron chi connectivity index (χ4n) is 5.44. The first-order chi connectivity index (χ1) is 15.7. The van der Waals surface area contributed by atoms with E-state index in [1.807, 2.05) is 48.5 Å². The second-order valence-corrected chi connectivity index (χ2v) is 9.37. The molecule has 32 heavy (non-hydrogen) atoms. The molecule has 5 rings (SSSR count). The van der Waals surface area contributed by atoms with Crippen LogP contribution in [0.4, 0.5) is 0 Å². The Labute approximate surface area is 189 Å². The lowest BCUT2D eigenvalue weighted by Gasteiger charge is -2.30. The number of hydrogen-bond acceptors (Lipinski definition) is 4. The largest absolute Gasteiger partial charge is 0.459 e. The summed E-state index contributed by atoms with van der Waals surface area (Å²) in [5, 5.41) is 12.5. The van der Waals surface area contributed by atoms with E-state index in [9.17, 15) is 9.90 Å². The highest BCUT2D eigenvalue weighted by molar-refractivity contribution is 5.92. The number of ether oxygens (including phenoxy) is 2. The monoisotopic (exact) mass is 433 g/mol. The average Bonchev–Trinajstić information content (AvgIpc) is 3.47. The third kappa shape index (κ3) is 4.74. The maximum absolute atomic E-state index is 13.1. The molecule has 1 amide bonds. The Morgan fingerprint density at radius 2 is 1.78 bits per heavy atom. The summed E-state index contributed by atoms with van der Waals surface area (Å²) in [5.74, 6) is 1.70. The number of benzene rings is 2. The number of hydrogen-bond donors (Lipinski definition) is 2. The normalized spacial score (nSPS) is 28.8. The van der Waals surface area contributed by atoms with E-state index in [4.69, 9.17) is 9.47 Å². The standard InChI is InChI=1S/C27H31NO4/c29-16-18-6-8-19(9-7-18)17-31-26-15-23(21-4-2-1-3-5-21)14-25(32-26)27(30)28-24-13-20-10-11-22(24)12-20/h1-9,14,20,22-24,26,29H,10-13,15-17H2,(H,28,30)/t20?,22?,23-,24?,26+/m1/s1. The molecule has 2 saturated carbocycles. The van der Waals surface area contributed by atoms with Gasteiger partial charge in [-0.1, -0.05) is 61.0 Å². The van der Waals surface area contributed by atoms with Gasteiger partial charge in [0.1, 0.15) is 0 Å². The van der Waals surface area contributed by atoms with E-state index >= 15 is 0 Å². The van der Waals surface area contributed by atoms with Crippen molar-refractivity contribution in [3.8, 4) is 0 Å². The summed E-state index contributed by atoms with van der Waals surface area (Å²) in [5.41, 5.74) is 3.03. The van der Waals surface area contributed by atoms with Crippen molar-refractivity contribution in [1.29, 1.82) is 0 Å². The Morgan fingerprint density at radius 3 is 2.47 bits per heavy atom. The number of carbonyl (C=O) groups is 1. The fraction of sp³-hybridized carbons (Fsp3) is 0.444. The summed E-state index contributed by atoms with van der Waals surface area (Å²) in [6.45, 7) is 0.413. The van der Waals surface area contributed by atoms with Gasteiger partial charge >= 0.3 is 0 Å². The topological polar surface area (TPSA) is 67.8 Å². The lowest BCUT2D eigenvalue weighted by molar-refractivity contribution is -0.150. The molecule has 2 aromatic rings. The van der Waals surface area contributed by atoms with Crippen molar-refractivity contribution in [2.24, 2.45) is 11.8 Å². The highest BCUT2D eigenvalue weighted by atomic mass is 16.7. The third-order valence-electron chi connectivity index (χ3n) is 7.20. The minimum Gasteiger partial charge on any atom is -0.459 e. The molecular formula is C27H31NO4. The van der Waals surface area contributed by atoms with Crippen molar-refractivity contribution in [3.05, 3.63) is 83.1 Å². The van der Waals surface area contributed by atoms with Gasteiger partial charge < -0.3 is 19.9 Å². The quantitative estimate of drug-likeness (QED) is 0.679. The van der Waals surface area contributed by atoms with Crippen LogP contribution in [0, 0.1) is 11.8 Å². The number of allylic oxidation sites excluding steroid dienone is 1. The first-order valence-electron chi connectivity index (χ1n) is 11.7. The van der Waals surface area contributed by atoms with E-state index in [1.165, 1.54) is 19.3 Å². The van der Waals surface area contributed by atoms with Crippen molar-refractivity contribution in [2.75, 3.05) is 0 Å². The fourth-order valence-corrected chi connectivity index (χ4v) is 5.44.